The van der Waals surface area contributed by atoms with Crippen molar-refractivity contribution in [3.8, 4) is 0 Å². The minimum atomic E-state index is -2.71. The summed E-state index contributed by atoms with van der Waals surface area (Å²) < 4.78 is 20.5. The highest BCUT2D eigenvalue weighted by Gasteiger charge is 2.51. The molecule has 7 heteroatoms. The Kier molecular flexibility index (Phi) is 9.54. The summed E-state index contributed by atoms with van der Waals surface area (Å²) in [7, 11) is -2.71. The number of hydrogen-bond acceptors (Lipinski definition) is 5. The summed E-state index contributed by atoms with van der Waals surface area (Å²) in [5.74, 6) is -0.0861. The van der Waals surface area contributed by atoms with Gasteiger partial charge in [-0.15, -0.1) is 0 Å². The number of rotatable bonds is 9. The van der Waals surface area contributed by atoms with E-state index in [0.717, 1.165) is 45.5 Å². The zero-order chi connectivity index (χ0) is 36.6. The average molecular weight is 736 g/mol. The molecule has 2 saturated heterocycles. The quantitative estimate of drug-likeness (QED) is 0.110. The number of nitrogens with zero attached hydrogens (tertiary/aromatic N) is 1. The molecule has 2 aliphatic heterocycles. The minimum absolute atomic E-state index is 0.0861. The molecule has 5 nitrogen and oxygen atoms in total. The van der Waals surface area contributed by atoms with Crippen LogP contribution in [-0.2, 0) is 24.3 Å². The number of fused-ring (bicyclic) bond motifs is 2. The Morgan fingerprint density at radius 2 is 1.21 bits per heavy atom. The second-order valence-corrected chi connectivity index (χ2v) is 20.1. The van der Waals surface area contributed by atoms with Gasteiger partial charge in [0.15, 0.2) is 5.60 Å². The summed E-state index contributed by atoms with van der Waals surface area (Å²) in [6.07, 6.45) is 1.50. The van der Waals surface area contributed by atoms with E-state index in [0.29, 0.717) is 6.61 Å². The van der Waals surface area contributed by atoms with E-state index in [-0.39, 0.29) is 41.3 Å². The molecule has 0 aromatic heterocycles. The van der Waals surface area contributed by atoms with Crippen molar-refractivity contribution in [3.63, 3.8) is 0 Å². The van der Waals surface area contributed by atoms with Gasteiger partial charge in [-0.3, -0.25) is 9.69 Å². The summed E-state index contributed by atoms with van der Waals surface area (Å²) in [4.78, 5) is 15.8. The maximum absolute atomic E-state index is 14.2. The van der Waals surface area contributed by atoms with Crippen LogP contribution in [0.25, 0.3) is 21.5 Å². The van der Waals surface area contributed by atoms with Crippen molar-refractivity contribution in [1.82, 2.24) is 4.90 Å². The largest absolute Gasteiger partial charge is 0.452 e. The van der Waals surface area contributed by atoms with E-state index >= 15 is 0 Å². The summed E-state index contributed by atoms with van der Waals surface area (Å²) in [5, 5.41) is 7.05. The number of ether oxygens (including phenoxy) is 2. The Morgan fingerprint density at radius 1 is 0.717 bits per heavy atom. The Balaban J connectivity index is 1.02. The molecule has 2 aliphatic rings. The summed E-state index contributed by atoms with van der Waals surface area (Å²) >= 11 is 5.86. The fraction of sp³-hybridized carbons (Fsp3) is 0.261. The molecule has 0 radical (unpaired) electrons. The van der Waals surface area contributed by atoms with Gasteiger partial charge in [0.05, 0.1) is 31.8 Å². The van der Waals surface area contributed by atoms with E-state index in [2.05, 4.69) is 142 Å². The van der Waals surface area contributed by atoms with E-state index in [1.165, 1.54) is 10.4 Å². The molecular formula is C46H45NO4SSi. The topological polar surface area (TPSA) is 48.0 Å². The third-order valence-corrected chi connectivity index (χ3v) is 16.4. The van der Waals surface area contributed by atoms with Crippen molar-refractivity contribution in [3.05, 3.63) is 157 Å². The van der Waals surface area contributed by atoms with Crippen LogP contribution in [0.4, 0.5) is 0 Å². The molecule has 0 saturated carbocycles. The highest BCUT2D eigenvalue weighted by molar-refractivity contribution is 7.80. The van der Waals surface area contributed by atoms with Crippen molar-refractivity contribution in [2.45, 2.75) is 62.9 Å². The average Bonchev–Trinajstić information content (AvgIpc) is 3.79. The van der Waals surface area contributed by atoms with Crippen molar-refractivity contribution < 1.29 is 18.7 Å². The smallest absolute Gasteiger partial charge is 0.267 e. The van der Waals surface area contributed by atoms with Crippen LogP contribution in [0.5, 0.6) is 0 Å². The minimum Gasteiger partial charge on any atom is -0.452 e. The normalized spacial score (nSPS) is 18.8. The van der Waals surface area contributed by atoms with Crippen LogP contribution in [0.1, 0.15) is 51.2 Å². The monoisotopic (exact) mass is 735 g/mol. The zero-order valence-electron chi connectivity index (χ0n) is 30.5. The second-order valence-electron chi connectivity index (χ2n) is 15.4. The standard InChI is InChI=1S/C46H45NO4SSi/c1-45(2,3)53(41-18-6-4-7-19-41,42-20-8-5-9-21-42)49-31-40-27-26-39(50-40)30-43(48)47-32-46(51-44(47)52,37-24-22-33-14-10-12-16-35(33)28-37)38-25-23-34-15-11-13-17-36(34)29-38/h4-25,28-29,39-40H,26-27,30-32H2,1-3H3/t39-,40-/m0/s1. The Bertz CT molecular complexity index is 2150. The van der Waals surface area contributed by atoms with Crippen LogP contribution in [0.2, 0.25) is 5.04 Å². The molecule has 0 spiro atoms. The maximum Gasteiger partial charge on any atom is 0.267 e. The van der Waals surface area contributed by atoms with Gasteiger partial charge in [-0.2, -0.15) is 0 Å². The molecule has 268 valence electrons. The first-order valence-corrected chi connectivity index (χ1v) is 20.9. The van der Waals surface area contributed by atoms with Gasteiger partial charge in [0.2, 0.25) is 5.91 Å². The lowest BCUT2D eigenvalue weighted by Gasteiger charge is -2.43. The lowest BCUT2D eigenvalue weighted by atomic mass is 9.84. The van der Waals surface area contributed by atoms with Crippen LogP contribution in [0.3, 0.4) is 0 Å². The van der Waals surface area contributed by atoms with Crippen molar-refractivity contribution in [2.24, 2.45) is 0 Å². The molecule has 2 heterocycles. The molecule has 0 bridgehead atoms. The van der Waals surface area contributed by atoms with Gasteiger partial charge in [-0.25, -0.2) is 0 Å². The first-order chi connectivity index (χ1) is 25.7. The molecular weight excluding hydrogens is 691 g/mol. The zero-order valence-corrected chi connectivity index (χ0v) is 32.4. The van der Waals surface area contributed by atoms with E-state index in [1.807, 2.05) is 24.3 Å². The predicted molar refractivity (Wildman–Crippen MR) is 220 cm³/mol. The van der Waals surface area contributed by atoms with Crippen molar-refractivity contribution in [2.75, 3.05) is 13.2 Å². The van der Waals surface area contributed by atoms with Crippen LogP contribution < -0.4 is 10.4 Å². The van der Waals surface area contributed by atoms with Crippen molar-refractivity contribution in [1.29, 1.82) is 0 Å². The van der Waals surface area contributed by atoms with Gasteiger partial charge in [0.25, 0.3) is 13.5 Å². The molecule has 0 aliphatic carbocycles. The number of thiocarbonyl (C=S) groups is 1. The Hall–Kier alpha value is -4.66. The van der Waals surface area contributed by atoms with Gasteiger partial charge in [0.1, 0.15) is 0 Å². The highest BCUT2D eigenvalue weighted by atomic mass is 32.1. The molecule has 2 atom stereocenters. The number of carbonyl (C=O) groups excluding carboxylic acids is 1. The third kappa shape index (κ3) is 6.61. The summed E-state index contributed by atoms with van der Waals surface area (Å²) in [5.41, 5.74) is 0.965. The summed E-state index contributed by atoms with van der Waals surface area (Å²) in [6, 6.07) is 50.7. The van der Waals surface area contributed by atoms with Gasteiger partial charge >= 0.3 is 0 Å². The molecule has 6 aromatic carbocycles. The van der Waals surface area contributed by atoms with Gasteiger partial charge in [-0.1, -0.05) is 154 Å². The first-order valence-electron chi connectivity index (χ1n) is 18.6. The first kappa shape index (κ1) is 35.4. The number of hydrogen-bond donors (Lipinski definition) is 0. The molecule has 8 rings (SSSR count). The van der Waals surface area contributed by atoms with Gasteiger partial charge < -0.3 is 13.9 Å². The fourth-order valence-corrected chi connectivity index (χ4v) is 13.3. The molecule has 2 fully saturated rings. The highest BCUT2D eigenvalue weighted by Crippen LogP contribution is 2.43. The van der Waals surface area contributed by atoms with E-state index in [1.54, 1.807) is 4.90 Å². The number of carbonyl (C=O) groups is 1. The number of amides is 1. The maximum atomic E-state index is 14.2. The lowest BCUT2D eigenvalue weighted by molar-refractivity contribution is -0.130. The van der Waals surface area contributed by atoms with E-state index < -0.39 is 13.9 Å². The van der Waals surface area contributed by atoms with Gasteiger partial charge in [-0.05, 0) is 74.1 Å². The van der Waals surface area contributed by atoms with E-state index in [4.69, 9.17) is 26.1 Å². The molecule has 1 amide bonds. The van der Waals surface area contributed by atoms with E-state index in [9.17, 15) is 4.79 Å². The van der Waals surface area contributed by atoms with Crippen LogP contribution in [0.15, 0.2) is 146 Å². The summed E-state index contributed by atoms with van der Waals surface area (Å²) in [6.45, 7) is 7.61. The Labute approximate surface area is 318 Å². The molecule has 53 heavy (non-hydrogen) atoms. The van der Waals surface area contributed by atoms with Crippen LogP contribution in [0, 0.1) is 0 Å². The van der Waals surface area contributed by atoms with Gasteiger partial charge in [0, 0.05) is 11.1 Å². The number of benzene rings is 6. The second kappa shape index (κ2) is 14.3. The fourth-order valence-electron chi connectivity index (χ4n) is 8.40. The third-order valence-electron chi connectivity index (χ3n) is 11.1. The molecule has 0 unspecified atom stereocenters. The van der Waals surface area contributed by atoms with Crippen LogP contribution >= 0.6 is 12.2 Å². The molecule has 6 aromatic rings. The predicted octanol–water partition coefficient (Wildman–Crippen LogP) is 8.89. The Morgan fingerprint density at radius 3 is 1.74 bits per heavy atom. The molecule has 0 N–H and O–H groups in total. The van der Waals surface area contributed by atoms with Crippen LogP contribution in [-0.4, -0.2) is 49.7 Å². The SMILES string of the molecule is CC(C)(C)[Si](OC[C@@H]1CC[C@@H](CC(=O)N2CC(c3ccc4ccccc4c3)(c3ccc4ccccc4c3)OC2=S)O1)(c1ccccc1)c1ccccc1. The van der Waals surface area contributed by atoms with Crippen molar-refractivity contribution >= 4 is 63.5 Å². The lowest BCUT2D eigenvalue weighted by Crippen LogP contribution is -2.67.